The van der Waals surface area contributed by atoms with Gasteiger partial charge in [0, 0.05) is 22.8 Å². The number of halogens is 1. The second-order valence-corrected chi connectivity index (χ2v) is 4.90. The average molecular weight is 298 g/mol. The van der Waals surface area contributed by atoms with Gasteiger partial charge in [-0.2, -0.15) is 0 Å². The van der Waals surface area contributed by atoms with Crippen LogP contribution in [0.4, 0.5) is 5.69 Å². The van der Waals surface area contributed by atoms with E-state index >= 15 is 0 Å². The van der Waals surface area contributed by atoms with Crippen LogP contribution in [-0.4, -0.2) is 17.6 Å². The molecule has 0 aliphatic heterocycles. The van der Waals surface area contributed by atoms with Gasteiger partial charge in [-0.05, 0) is 49.6 Å². The predicted molar refractivity (Wildman–Crippen MR) is 73.5 cm³/mol. The van der Waals surface area contributed by atoms with Crippen molar-refractivity contribution >= 4 is 27.6 Å². The molecule has 92 valence electrons. The summed E-state index contributed by atoms with van der Waals surface area (Å²) in [6.45, 7) is 6.39. The Kier molecular flexibility index (Phi) is 4.75. The Balaban J connectivity index is 2.74. The lowest BCUT2D eigenvalue weighted by atomic mass is 10.1. The Morgan fingerprint density at radius 3 is 2.41 bits per heavy atom. The normalized spacial score (nSPS) is 11.4. The first kappa shape index (κ1) is 13.8. The second kappa shape index (κ2) is 5.87. The molecule has 0 saturated heterocycles. The summed E-state index contributed by atoms with van der Waals surface area (Å²) in [5, 5.41) is 11.8. The number of carboxylic acids is 1. The summed E-state index contributed by atoms with van der Waals surface area (Å²) in [5.41, 5.74) is 4.11. The maximum atomic E-state index is 10.5. The van der Waals surface area contributed by atoms with E-state index in [1.165, 1.54) is 6.08 Å². The molecule has 2 N–H and O–H groups in total. The number of hydrogen-bond donors (Lipinski definition) is 2. The number of carboxylic acid groups (broad SMARTS) is 1. The molecule has 0 aromatic heterocycles. The zero-order valence-electron chi connectivity index (χ0n) is 10.2. The molecule has 0 heterocycles. The van der Waals surface area contributed by atoms with Crippen LogP contribution in [0.2, 0.25) is 0 Å². The summed E-state index contributed by atoms with van der Waals surface area (Å²) in [6.07, 6.45) is 1.21. The van der Waals surface area contributed by atoms with Gasteiger partial charge < -0.3 is 10.4 Å². The molecule has 1 aromatic rings. The van der Waals surface area contributed by atoms with Crippen molar-refractivity contribution in [2.45, 2.75) is 20.8 Å². The minimum atomic E-state index is -0.910. The molecule has 3 nitrogen and oxygen atoms in total. The van der Waals surface area contributed by atoms with Gasteiger partial charge in [-0.25, -0.2) is 4.79 Å². The highest BCUT2D eigenvalue weighted by Gasteiger charge is 2.02. The van der Waals surface area contributed by atoms with Crippen LogP contribution in [0.5, 0.6) is 0 Å². The quantitative estimate of drug-likeness (QED) is 0.836. The van der Waals surface area contributed by atoms with Gasteiger partial charge in [0.05, 0.1) is 0 Å². The lowest BCUT2D eigenvalue weighted by Gasteiger charge is -2.10. The van der Waals surface area contributed by atoms with Crippen LogP contribution in [0.1, 0.15) is 18.1 Å². The summed E-state index contributed by atoms with van der Waals surface area (Å²) in [4.78, 5) is 10.5. The predicted octanol–water partition coefficient (Wildman–Crippen LogP) is 3.51. The minimum Gasteiger partial charge on any atom is -0.478 e. The van der Waals surface area contributed by atoms with Crippen LogP contribution in [0.15, 0.2) is 28.3 Å². The third kappa shape index (κ3) is 4.23. The first-order valence-electron chi connectivity index (χ1n) is 5.31. The van der Waals surface area contributed by atoms with Crippen molar-refractivity contribution in [3.05, 3.63) is 39.4 Å². The van der Waals surface area contributed by atoms with Gasteiger partial charge in [-0.1, -0.05) is 15.9 Å². The molecule has 1 aromatic carbocycles. The van der Waals surface area contributed by atoms with E-state index in [4.69, 9.17) is 5.11 Å². The fraction of sp³-hybridized carbons (Fsp3) is 0.308. The van der Waals surface area contributed by atoms with Gasteiger partial charge in [-0.15, -0.1) is 0 Å². The van der Waals surface area contributed by atoms with Crippen molar-refractivity contribution in [3.8, 4) is 0 Å². The number of rotatable bonds is 4. The number of aliphatic carboxylic acids is 1. The fourth-order valence-electron chi connectivity index (χ4n) is 1.55. The third-order valence-corrected chi connectivity index (χ3v) is 3.63. The molecular formula is C13H16BrNO2. The van der Waals surface area contributed by atoms with Crippen molar-refractivity contribution in [2.75, 3.05) is 11.9 Å². The molecule has 0 bridgehead atoms. The zero-order valence-corrected chi connectivity index (χ0v) is 11.8. The van der Waals surface area contributed by atoms with Gasteiger partial charge in [0.25, 0.3) is 0 Å². The molecule has 1 rings (SSSR count). The summed E-state index contributed by atoms with van der Waals surface area (Å²) < 4.78 is 1.11. The van der Waals surface area contributed by atoms with Gasteiger partial charge in [0.1, 0.15) is 0 Å². The van der Waals surface area contributed by atoms with E-state index in [9.17, 15) is 4.79 Å². The Morgan fingerprint density at radius 2 is 1.94 bits per heavy atom. The summed E-state index contributed by atoms with van der Waals surface area (Å²) in [7, 11) is 0. The fourth-order valence-corrected chi connectivity index (χ4v) is 1.78. The molecule has 0 radical (unpaired) electrons. The Bertz CT molecular complexity index is 443. The minimum absolute atomic E-state index is 0.535. The molecule has 4 heteroatoms. The van der Waals surface area contributed by atoms with Gasteiger partial charge in [0.15, 0.2) is 0 Å². The van der Waals surface area contributed by atoms with Crippen LogP contribution >= 0.6 is 15.9 Å². The van der Waals surface area contributed by atoms with Crippen LogP contribution in [0.25, 0.3) is 0 Å². The Hall–Kier alpha value is -1.29. The monoisotopic (exact) mass is 297 g/mol. The zero-order chi connectivity index (χ0) is 13.0. The Morgan fingerprint density at radius 1 is 1.41 bits per heavy atom. The lowest BCUT2D eigenvalue weighted by Crippen LogP contribution is -2.05. The first-order chi connectivity index (χ1) is 7.90. The number of carbonyl (C=O) groups is 1. The standard InChI is InChI=1S/C13H16BrNO2/c1-8(4-12(16)17)7-15-11-5-9(2)13(14)10(3)6-11/h4-6,15H,7H2,1-3H3,(H,16,17)/b8-4-. The summed E-state index contributed by atoms with van der Waals surface area (Å²) in [5.74, 6) is -0.910. The highest BCUT2D eigenvalue weighted by molar-refractivity contribution is 9.10. The number of nitrogens with one attached hydrogen (secondary N) is 1. The van der Waals surface area contributed by atoms with Crippen molar-refractivity contribution in [1.82, 2.24) is 0 Å². The van der Waals surface area contributed by atoms with Crippen LogP contribution in [0.3, 0.4) is 0 Å². The molecule has 0 spiro atoms. The van der Waals surface area contributed by atoms with Crippen LogP contribution in [0, 0.1) is 13.8 Å². The van der Waals surface area contributed by atoms with E-state index in [1.807, 2.05) is 26.0 Å². The molecular weight excluding hydrogens is 282 g/mol. The highest BCUT2D eigenvalue weighted by Crippen LogP contribution is 2.24. The lowest BCUT2D eigenvalue weighted by molar-refractivity contribution is -0.131. The van der Waals surface area contributed by atoms with E-state index in [0.717, 1.165) is 26.9 Å². The molecule has 0 amide bonds. The van der Waals surface area contributed by atoms with Crippen molar-refractivity contribution in [2.24, 2.45) is 0 Å². The largest absolute Gasteiger partial charge is 0.478 e. The number of aryl methyl sites for hydroxylation is 2. The van der Waals surface area contributed by atoms with E-state index in [2.05, 4.69) is 21.2 Å². The van der Waals surface area contributed by atoms with Crippen LogP contribution < -0.4 is 5.32 Å². The SMILES string of the molecule is C/C(=C/C(=O)O)CNc1cc(C)c(Br)c(C)c1. The van der Waals surface area contributed by atoms with E-state index in [0.29, 0.717) is 6.54 Å². The van der Waals surface area contributed by atoms with E-state index in [-0.39, 0.29) is 0 Å². The molecule has 0 aliphatic carbocycles. The smallest absolute Gasteiger partial charge is 0.328 e. The average Bonchev–Trinajstić information content (AvgIpc) is 2.22. The number of hydrogen-bond acceptors (Lipinski definition) is 2. The third-order valence-electron chi connectivity index (χ3n) is 2.38. The van der Waals surface area contributed by atoms with Crippen molar-refractivity contribution < 1.29 is 9.90 Å². The molecule has 0 unspecified atom stereocenters. The number of anilines is 1. The molecule has 0 aliphatic rings. The number of benzene rings is 1. The van der Waals surface area contributed by atoms with Gasteiger partial charge >= 0.3 is 5.97 Å². The molecule has 0 saturated carbocycles. The van der Waals surface area contributed by atoms with Crippen molar-refractivity contribution in [1.29, 1.82) is 0 Å². The maximum absolute atomic E-state index is 10.5. The second-order valence-electron chi connectivity index (χ2n) is 4.11. The molecule has 0 fully saturated rings. The topological polar surface area (TPSA) is 49.3 Å². The van der Waals surface area contributed by atoms with Gasteiger partial charge in [0.2, 0.25) is 0 Å². The van der Waals surface area contributed by atoms with E-state index < -0.39 is 5.97 Å². The van der Waals surface area contributed by atoms with Gasteiger partial charge in [-0.3, -0.25) is 0 Å². The first-order valence-corrected chi connectivity index (χ1v) is 6.10. The maximum Gasteiger partial charge on any atom is 0.328 e. The molecule has 17 heavy (non-hydrogen) atoms. The van der Waals surface area contributed by atoms with E-state index in [1.54, 1.807) is 6.92 Å². The van der Waals surface area contributed by atoms with Crippen LogP contribution in [-0.2, 0) is 4.79 Å². The Labute approximate surface area is 110 Å². The van der Waals surface area contributed by atoms with Crippen molar-refractivity contribution in [3.63, 3.8) is 0 Å². The summed E-state index contributed by atoms with van der Waals surface area (Å²) >= 11 is 3.51. The summed E-state index contributed by atoms with van der Waals surface area (Å²) in [6, 6.07) is 4.07. The molecule has 0 atom stereocenters. The highest BCUT2D eigenvalue weighted by atomic mass is 79.9.